The number of hydrogen-bond acceptors (Lipinski definition) is 6. The van der Waals surface area contributed by atoms with Crippen molar-refractivity contribution in [3.8, 4) is 0 Å². The summed E-state index contributed by atoms with van der Waals surface area (Å²) in [6.45, 7) is 1.42. The molecule has 0 saturated heterocycles. The largest absolute Gasteiger partial charge is 0.373 e. The van der Waals surface area contributed by atoms with Crippen LogP contribution in [0.5, 0.6) is 0 Å². The number of nitrogens with one attached hydrogen (secondary N) is 3. The van der Waals surface area contributed by atoms with Crippen LogP contribution in [0.25, 0.3) is 0 Å². The molecule has 0 unspecified atom stereocenters. The predicted molar refractivity (Wildman–Crippen MR) is 102 cm³/mol. The van der Waals surface area contributed by atoms with Crippen molar-refractivity contribution in [3.05, 3.63) is 72.2 Å². The summed E-state index contributed by atoms with van der Waals surface area (Å²) in [5.74, 6) is 2.60. The molecule has 3 rings (SSSR count). The van der Waals surface area contributed by atoms with Gasteiger partial charge in [-0.05, 0) is 36.4 Å². The average Bonchev–Trinajstić information content (AvgIpc) is 2.68. The third kappa shape index (κ3) is 5.17. The molecule has 0 atom stereocenters. The zero-order valence-corrected chi connectivity index (χ0v) is 14.2. The number of pyridine rings is 3. The normalized spacial score (nSPS) is 10.3. The van der Waals surface area contributed by atoms with E-state index in [1.165, 1.54) is 0 Å². The van der Waals surface area contributed by atoms with Gasteiger partial charge in [0.15, 0.2) is 0 Å². The van der Waals surface area contributed by atoms with E-state index in [9.17, 15) is 0 Å². The molecule has 0 amide bonds. The van der Waals surface area contributed by atoms with Crippen LogP contribution in [-0.2, 0) is 13.0 Å². The van der Waals surface area contributed by atoms with Crippen molar-refractivity contribution >= 4 is 17.5 Å². The maximum absolute atomic E-state index is 4.62. The summed E-state index contributed by atoms with van der Waals surface area (Å²) in [7, 11) is 1.87. The molecule has 3 aromatic heterocycles. The Balaban J connectivity index is 1.51. The van der Waals surface area contributed by atoms with Crippen LogP contribution in [0.15, 0.2) is 60.8 Å². The lowest BCUT2D eigenvalue weighted by atomic mass is 10.2. The molecule has 0 aromatic carbocycles. The highest BCUT2D eigenvalue weighted by Crippen LogP contribution is 2.09. The van der Waals surface area contributed by atoms with E-state index in [-0.39, 0.29) is 0 Å². The van der Waals surface area contributed by atoms with Gasteiger partial charge in [0.2, 0.25) is 0 Å². The van der Waals surface area contributed by atoms with Crippen LogP contribution in [0, 0.1) is 0 Å². The van der Waals surface area contributed by atoms with Gasteiger partial charge in [0.25, 0.3) is 0 Å². The SMILES string of the molecule is CNc1cccc(CCNc2cccc(CNc3ccccn3)n2)n1. The van der Waals surface area contributed by atoms with Crippen molar-refractivity contribution in [3.63, 3.8) is 0 Å². The van der Waals surface area contributed by atoms with Crippen molar-refractivity contribution in [1.29, 1.82) is 0 Å². The van der Waals surface area contributed by atoms with E-state index in [0.717, 1.165) is 41.8 Å². The molecule has 6 nitrogen and oxygen atoms in total. The van der Waals surface area contributed by atoms with Crippen molar-refractivity contribution < 1.29 is 0 Å². The van der Waals surface area contributed by atoms with Gasteiger partial charge in [0, 0.05) is 31.9 Å². The molecule has 0 aliphatic rings. The Labute approximate surface area is 147 Å². The number of aromatic nitrogens is 3. The van der Waals surface area contributed by atoms with Crippen LogP contribution in [0.4, 0.5) is 17.5 Å². The van der Waals surface area contributed by atoms with Gasteiger partial charge in [-0.15, -0.1) is 0 Å². The Kier molecular flexibility index (Phi) is 5.77. The molecule has 0 aliphatic carbocycles. The molecule has 25 heavy (non-hydrogen) atoms. The van der Waals surface area contributed by atoms with E-state index >= 15 is 0 Å². The Bertz CT molecular complexity index is 791. The molecule has 0 bridgehead atoms. The maximum atomic E-state index is 4.62. The quantitative estimate of drug-likeness (QED) is 0.587. The predicted octanol–water partition coefficient (Wildman–Crippen LogP) is 3.18. The first-order valence-corrected chi connectivity index (χ1v) is 8.32. The summed E-state index contributed by atoms with van der Waals surface area (Å²) in [6, 6.07) is 17.8. The van der Waals surface area contributed by atoms with Crippen LogP contribution in [0.1, 0.15) is 11.4 Å². The molecule has 3 aromatic rings. The van der Waals surface area contributed by atoms with Gasteiger partial charge >= 0.3 is 0 Å². The van der Waals surface area contributed by atoms with Crippen LogP contribution in [0.3, 0.4) is 0 Å². The Morgan fingerprint density at radius 1 is 0.760 bits per heavy atom. The van der Waals surface area contributed by atoms with Crippen LogP contribution < -0.4 is 16.0 Å². The highest BCUT2D eigenvalue weighted by molar-refractivity contribution is 5.38. The van der Waals surface area contributed by atoms with Crippen molar-refractivity contribution in [2.75, 3.05) is 29.5 Å². The minimum Gasteiger partial charge on any atom is -0.373 e. The van der Waals surface area contributed by atoms with Gasteiger partial charge in [0.1, 0.15) is 17.5 Å². The Morgan fingerprint density at radius 2 is 1.52 bits per heavy atom. The second kappa shape index (κ2) is 8.63. The van der Waals surface area contributed by atoms with Gasteiger partial charge in [-0.2, -0.15) is 0 Å². The second-order valence-corrected chi connectivity index (χ2v) is 5.52. The van der Waals surface area contributed by atoms with E-state index in [4.69, 9.17) is 0 Å². The molecule has 0 radical (unpaired) electrons. The third-order valence-electron chi connectivity index (χ3n) is 3.67. The lowest BCUT2D eigenvalue weighted by Crippen LogP contribution is -2.09. The summed E-state index contributed by atoms with van der Waals surface area (Å²) >= 11 is 0. The Morgan fingerprint density at radius 3 is 2.32 bits per heavy atom. The summed E-state index contributed by atoms with van der Waals surface area (Å²) in [5.41, 5.74) is 2.01. The lowest BCUT2D eigenvalue weighted by molar-refractivity contribution is 0.946. The van der Waals surface area contributed by atoms with Crippen molar-refractivity contribution in [2.24, 2.45) is 0 Å². The lowest BCUT2D eigenvalue weighted by Gasteiger charge is -2.09. The third-order valence-corrected chi connectivity index (χ3v) is 3.67. The van der Waals surface area contributed by atoms with Crippen molar-refractivity contribution in [2.45, 2.75) is 13.0 Å². The van der Waals surface area contributed by atoms with E-state index < -0.39 is 0 Å². The molecule has 6 heteroatoms. The molecule has 0 saturated carbocycles. The molecule has 128 valence electrons. The fourth-order valence-corrected chi connectivity index (χ4v) is 2.40. The minimum atomic E-state index is 0.637. The fraction of sp³-hybridized carbons (Fsp3) is 0.211. The van der Waals surface area contributed by atoms with Gasteiger partial charge in [-0.25, -0.2) is 15.0 Å². The molecule has 3 N–H and O–H groups in total. The summed E-state index contributed by atoms with van der Waals surface area (Å²) in [6.07, 6.45) is 2.61. The van der Waals surface area contributed by atoms with Gasteiger partial charge in [-0.3, -0.25) is 0 Å². The molecule has 0 spiro atoms. The van der Waals surface area contributed by atoms with E-state index in [1.54, 1.807) is 6.20 Å². The summed E-state index contributed by atoms with van der Waals surface area (Å²) in [4.78, 5) is 13.4. The zero-order chi connectivity index (χ0) is 17.3. The minimum absolute atomic E-state index is 0.637. The number of rotatable bonds is 8. The molecule has 0 aliphatic heterocycles. The first-order chi connectivity index (χ1) is 12.3. The standard InChI is InChI=1S/C19H22N6/c1-20-17-9-4-6-15(24-17)11-13-22-19-10-5-7-16(25-19)14-23-18-8-2-3-12-21-18/h2-10,12H,11,13-14H2,1H3,(H,20,24)(H,21,23)(H,22,25). The first kappa shape index (κ1) is 16.7. The monoisotopic (exact) mass is 334 g/mol. The zero-order valence-electron chi connectivity index (χ0n) is 14.2. The molecular weight excluding hydrogens is 312 g/mol. The Hall–Kier alpha value is -3.15. The highest BCUT2D eigenvalue weighted by atomic mass is 15.0. The van der Waals surface area contributed by atoms with Crippen LogP contribution >= 0.6 is 0 Å². The summed E-state index contributed by atoms with van der Waals surface area (Å²) < 4.78 is 0. The van der Waals surface area contributed by atoms with Crippen LogP contribution in [-0.4, -0.2) is 28.5 Å². The van der Waals surface area contributed by atoms with E-state index in [2.05, 4.69) is 30.9 Å². The second-order valence-electron chi connectivity index (χ2n) is 5.52. The van der Waals surface area contributed by atoms with Gasteiger partial charge in [-0.1, -0.05) is 18.2 Å². The number of hydrogen-bond donors (Lipinski definition) is 3. The summed E-state index contributed by atoms with van der Waals surface area (Å²) in [5, 5.41) is 9.67. The molecule has 0 fully saturated rings. The van der Waals surface area contributed by atoms with Crippen molar-refractivity contribution in [1.82, 2.24) is 15.0 Å². The number of anilines is 3. The fourth-order valence-electron chi connectivity index (χ4n) is 2.40. The van der Waals surface area contributed by atoms with Crippen LogP contribution in [0.2, 0.25) is 0 Å². The van der Waals surface area contributed by atoms with Gasteiger partial charge in [0.05, 0.1) is 12.2 Å². The topological polar surface area (TPSA) is 74.8 Å². The smallest absolute Gasteiger partial charge is 0.126 e. The van der Waals surface area contributed by atoms with E-state index in [1.807, 2.05) is 61.6 Å². The molecule has 3 heterocycles. The first-order valence-electron chi connectivity index (χ1n) is 8.32. The number of nitrogens with zero attached hydrogens (tertiary/aromatic N) is 3. The van der Waals surface area contributed by atoms with E-state index in [0.29, 0.717) is 6.54 Å². The average molecular weight is 334 g/mol. The maximum Gasteiger partial charge on any atom is 0.126 e. The van der Waals surface area contributed by atoms with Gasteiger partial charge < -0.3 is 16.0 Å². The highest BCUT2D eigenvalue weighted by Gasteiger charge is 2.00. The molecular formula is C19H22N6.